The molecule has 1 saturated carbocycles. The first-order valence-electron chi connectivity index (χ1n) is 13.0. The highest BCUT2D eigenvalue weighted by molar-refractivity contribution is 6.00. The summed E-state index contributed by atoms with van der Waals surface area (Å²) in [4.78, 5) is 29.9. The summed E-state index contributed by atoms with van der Waals surface area (Å²) >= 11 is 0. The molecular weight excluding hydrogens is 454 g/mol. The van der Waals surface area contributed by atoms with Crippen LogP contribution < -0.4 is 10.1 Å². The molecule has 0 bridgehead atoms. The fraction of sp³-hybridized carbons (Fsp3) is 0.517. The maximum atomic E-state index is 13.5. The summed E-state index contributed by atoms with van der Waals surface area (Å²) < 4.78 is 12.1. The summed E-state index contributed by atoms with van der Waals surface area (Å²) in [5.41, 5.74) is 2.39. The van der Waals surface area contributed by atoms with E-state index in [1.54, 1.807) is 31.2 Å². The second-order valence-electron chi connectivity index (χ2n) is 10.3. The van der Waals surface area contributed by atoms with Crippen molar-refractivity contribution in [1.29, 1.82) is 0 Å². The SMILES string of the molecule is CO[C@@H]1CN(C)C(=O)c2cc(NC(=O)C3CC3)ccc2OC[C@@H](C)N(CCc2ccccc2)C[C@@H]1C. The van der Waals surface area contributed by atoms with Crippen LogP contribution in [-0.2, 0) is 16.0 Å². The molecule has 0 unspecified atom stereocenters. The van der Waals surface area contributed by atoms with Crippen molar-refractivity contribution in [3.63, 3.8) is 0 Å². The van der Waals surface area contributed by atoms with Crippen molar-refractivity contribution in [2.24, 2.45) is 11.8 Å². The molecule has 1 heterocycles. The number of methoxy groups -OCH3 is 1. The molecule has 7 nitrogen and oxygen atoms in total. The zero-order valence-corrected chi connectivity index (χ0v) is 21.9. The van der Waals surface area contributed by atoms with Gasteiger partial charge in [-0.15, -0.1) is 0 Å². The van der Waals surface area contributed by atoms with Crippen LogP contribution in [0.2, 0.25) is 0 Å². The van der Waals surface area contributed by atoms with Crippen LogP contribution in [0, 0.1) is 11.8 Å². The number of likely N-dealkylation sites (N-methyl/N-ethyl adjacent to an activating group) is 1. The van der Waals surface area contributed by atoms with Gasteiger partial charge in [0, 0.05) is 51.4 Å². The predicted octanol–water partition coefficient (Wildman–Crippen LogP) is 4.08. The lowest BCUT2D eigenvalue weighted by Gasteiger charge is -2.36. The average Bonchev–Trinajstić information content (AvgIpc) is 3.74. The molecule has 2 aromatic carbocycles. The van der Waals surface area contributed by atoms with Crippen molar-refractivity contribution < 1.29 is 19.1 Å². The van der Waals surface area contributed by atoms with Gasteiger partial charge >= 0.3 is 0 Å². The monoisotopic (exact) mass is 493 g/mol. The van der Waals surface area contributed by atoms with Gasteiger partial charge in [-0.05, 0) is 55.9 Å². The van der Waals surface area contributed by atoms with E-state index in [0.717, 1.165) is 32.4 Å². The number of fused-ring (bicyclic) bond motifs is 1. The first-order chi connectivity index (χ1) is 17.4. The Morgan fingerprint density at radius 3 is 2.56 bits per heavy atom. The third-order valence-electron chi connectivity index (χ3n) is 7.32. The molecule has 36 heavy (non-hydrogen) atoms. The summed E-state index contributed by atoms with van der Waals surface area (Å²) in [6, 6.07) is 16.0. The van der Waals surface area contributed by atoms with Gasteiger partial charge in [0.2, 0.25) is 5.91 Å². The number of nitrogens with one attached hydrogen (secondary N) is 1. The standard InChI is InChI=1S/C29H39N3O4/c1-20-17-32(15-14-22-8-6-5-7-9-22)21(2)19-36-26-13-12-24(30-28(33)23-10-11-23)16-25(26)29(34)31(3)18-27(20)35-4/h5-9,12-13,16,20-21,23,27H,10-11,14-15,17-19H2,1-4H3,(H,30,33)/t20-,21+,27+/m0/s1. The largest absolute Gasteiger partial charge is 0.491 e. The maximum Gasteiger partial charge on any atom is 0.257 e. The molecule has 2 aliphatic rings. The molecule has 1 fully saturated rings. The molecule has 194 valence electrons. The minimum atomic E-state index is -0.143. The number of hydrogen-bond acceptors (Lipinski definition) is 5. The Balaban J connectivity index is 1.57. The lowest BCUT2D eigenvalue weighted by molar-refractivity contribution is -0.117. The topological polar surface area (TPSA) is 71.1 Å². The van der Waals surface area contributed by atoms with Gasteiger partial charge in [-0.1, -0.05) is 37.3 Å². The molecule has 1 aliphatic heterocycles. The fourth-order valence-corrected chi connectivity index (χ4v) is 4.75. The van der Waals surface area contributed by atoms with E-state index in [-0.39, 0.29) is 35.8 Å². The zero-order chi connectivity index (χ0) is 25.7. The molecule has 0 saturated heterocycles. The van der Waals surface area contributed by atoms with Gasteiger partial charge in [-0.25, -0.2) is 0 Å². The molecule has 2 aromatic rings. The van der Waals surface area contributed by atoms with Crippen LogP contribution in [0.3, 0.4) is 0 Å². The van der Waals surface area contributed by atoms with E-state index < -0.39 is 0 Å². The lowest BCUT2D eigenvalue weighted by atomic mass is 10.0. The number of rotatable bonds is 6. The molecule has 7 heteroatoms. The van der Waals surface area contributed by atoms with Gasteiger partial charge in [-0.2, -0.15) is 0 Å². The second kappa shape index (κ2) is 11.9. The second-order valence-corrected chi connectivity index (χ2v) is 10.3. The van der Waals surface area contributed by atoms with Crippen molar-refractivity contribution in [3.8, 4) is 5.75 Å². The quantitative estimate of drug-likeness (QED) is 0.657. The van der Waals surface area contributed by atoms with E-state index in [9.17, 15) is 9.59 Å². The van der Waals surface area contributed by atoms with Crippen LogP contribution in [0.1, 0.15) is 42.6 Å². The summed E-state index contributed by atoms with van der Waals surface area (Å²) in [5.74, 6) is 0.712. The highest BCUT2D eigenvalue weighted by atomic mass is 16.5. The molecule has 1 N–H and O–H groups in total. The Bertz CT molecular complexity index is 1040. The summed E-state index contributed by atoms with van der Waals surface area (Å²) in [6.07, 6.45) is 2.70. The highest BCUT2D eigenvalue weighted by Crippen LogP contribution is 2.31. The molecule has 0 aromatic heterocycles. The Morgan fingerprint density at radius 1 is 1.11 bits per heavy atom. The Kier molecular flexibility index (Phi) is 8.64. The summed E-state index contributed by atoms with van der Waals surface area (Å²) in [6.45, 7) is 7.02. The van der Waals surface area contributed by atoms with E-state index in [2.05, 4.69) is 48.3 Å². The first-order valence-corrected chi connectivity index (χ1v) is 13.0. The fourth-order valence-electron chi connectivity index (χ4n) is 4.75. The Morgan fingerprint density at radius 2 is 1.86 bits per heavy atom. The zero-order valence-electron chi connectivity index (χ0n) is 21.9. The number of carbonyl (C=O) groups excluding carboxylic acids is 2. The lowest BCUT2D eigenvalue weighted by Crippen LogP contribution is -2.47. The highest BCUT2D eigenvalue weighted by Gasteiger charge is 2.31. The van der Waals surface area contributed by atoms with Crippen LogP contribution >= 0.6 is 0 Å². The predicted molar refractivity (Wildman–Crippen MR) is 141 cm³/mol. The van der Waals surface area contributed by atoms with E-state index in [4.69, 9.17) is 9.47 Å². The average molecular weight is 494 g/mol. The smallest absolute Gasteiger partial charge is 0.257 e. The van der Waals surface area contributed by atoms with Gasteiger partial charge in [-0.3, -0.25) is 14.5 Å². The number of ether oxygens (including phenoxy) is 2. The third kappa shape index (κ3) is 6.65. The van der Waals surface area contributed by atoms with E-state index in [0.29, 0.717) is 30.2 Å². The third-order valence-corrected chi connectivity index (χ3v) is 7.32. The Labute approximate surface area is 214 Å². The molecule has 1 aliphatic carbocycles. The summed E-state index contributed by atoms with van der Waals surface area (Å²) in [5, 5.41) is 2.95. The number of hydrogen-bond donors (Lipinski definition) is 1. The molecule has 0 radical (unpaired) electrons. The molecule has 4 rings (SSSR count). The minimum Gasteiger partial charge on any atom is -0.491 e. The number of nitrogens with zero attached hydrogens (tertiary/aromatic N) is 2. The molecule has 3 atom stereocenters. The van der Waals surface area contributed by atoms with Gasteiger partial charge in [0.25, 0.3) is 5.91 Å². The summed E-state index contributed by atoms with van der Waals surface area (Å²) in [7, 11) is 3.51. The van der Waals surface area contributed by atoms with Crippen LogP contribution in [0.15, 0.2) is 48.5 Å². The number of anilines is 1. The van der Waals surface area contributed by atoms with Crippen molar-refractivity contribution in [1.82, 2.24) is 9.80 Å². The number of carbonyl (C=O) groups is 2. The van der Waals surface area contributed by atoms with Gasteiger partial charge in [0.15, 0.2) is 0 Å². The van der Waals surface area contributed by atoms with Crippen LogP contribution in [-0.4, -0.2) is 74.2 Å². The normalized spacial score (nSPS) is 23.7. The number of benzene rings is 2. The molecular formula is C29H39N3O4. The number of amides is 2. The first kappa shape index (κ1) is 26.2. The minimum absolute atomic E-state index is 0.0146. The van der Waals surface area contributed by atoms with Crippen molar-refractivity contribution in [2.75, 3.05) is 45.7 Å². The van der Waals surface area contributed by atoms with Crippen molar-refractivity contribution >= 4 is 17.5 Å². The Hall–Kier alpha value is -2.90. The van der Waals surface area contributed by atoms with E-state index in [1.807, 2.05) is 12.1 Å². The van der Waals surface area contributed by atoms with E-state index in [1.165, 1.54) is 5.56 Å². The maximum absolute atomic E-state index is 13.5. The molecule has 2 amide bonds. The van der Waals surface area contributed by atoms with Crippen molar-refractivity contribution in [3.05, 3.63) is 59.7 Å². The van der Waals surface area contributed by atoms with Crippen molar-refractivity contribution in [2.45, 2.75) is 45.3 Å². The van der Waals surface area contributed by atoms with Crippen LogP contribution in [0.25, 0.3) is 0 Å². The molecule has 0 spiro atoms. The van der Waals surface area contributed by atoms with Gasteiger partial charge in [0.05, 0.1) is 11.7 Å². The van der Waals surface area contributed by atoms with Gasteiger partial charge in [0.1, 0.15) is 12.4 Å². The van der Waals surface area contributed by atoms with Crippen LogP contribution in [0.5, 0.6) is 5.75 Å². The van der Waals surface area contributed by atoms with E-state index >= 15 is 0 Å². The van der Waals surface area contributed by atoms with Crippen LogP contribution in [0.4, 0.5) is 5.69 Å². The van der Waals surface area contributed by atoms with Gasteiger partial charge < -0.3 is 19.7 Å².